The number of nitrogens with one attached hydrogen (secondary N) is 1. The minimum absolute atomic E-state index is 0.757. The Morgan fingerprint density at radius 2 is 2.40 bits per heavy atom. The molecular formula is C7H16N2O. The van der Waals surface area contributed by atoms with Gasteiger partial charge in [0, 0.05) is 13.7 Å². The average Bonchev–Trinajstić information content (AvgIpc) is 2.17. The normalized spacial score (nSPS) is 22.5. The second-order valence-electron chi connectivity index (χ2n) is 2.68. The molecule has 1 heterocycles. The molecule has 0 spiro atoms. The summed E-state index contributed by atoms with van der Waals surface area (Å²) in [5, 5.41) is 3.33. The van der Waals surface area contributed by atoms with Gasteiger partial charge in [0.25, 0.3) is 0 Å². The average molecular weight is 144 g/mol. The first-order valence-electron chi connectivity index (χ1n) is 3.85. The topological polar surface area (TPSA) is 24.5 Å². The zero-order valence-corrected chi connectivity index (χ0v) is 6.60. The van der Waals surface area contributed by atoms with Crippen molar-refractivity contribution in [1.29, 1.82) is 0 Å². The lowest BCUT2D eigenvalue weighted by Gasteiger charge is -2.17. The van der Waals surface area contributed by atoms with Crippen molar-refractivity contribution in [1.82, 2.24) is 10.2 Å². The predicted octanol–water partition coefficient (Wildman–Crippen LogP) is 0.233. The van der Waals surface area contributed by atoms with Crippen LogP contribution < -0.4 is 5.32 Å². The molecule has 3 nitrogen and oxygen atoms in total. The smallest absolute Gasteiger partial charge is 0.0996 e. The largest absolute Gasteiger partial charge is 0.369 e. The van der Waals surface area contributed by atoms with Crippen molar-refractivity contribution in [3.63, 3.8) is 0 Å². The summed E-state index contributed by atoms with van der Waals surface area (Å²) in [6.45, 7) is 4.06. The molecular weight excluding hydrogens is 128 g/mol. The zero-order valence-electron chi connectivity index (χ0n) is 6.60. The molecule has 0 aromatic rings. The maximum atomic E-state index is 5.02. The van der Waals surface area contributed by atoms with Crippen LogP contribution in [0.15, 0.2) is 0 Å². The van der Waals surface area contributed by atoms with E-state index in [0.717, 1.165) is 19.9 Å². The van der Waals surface area contributed by atoms with Crippen LogP contribution in [0.3, 0.4) is 0 Å². The Labute approximate surface area is 62.3 Å². The van der Waals surface area contributed by atoms with Crippen LogP contribution in [0, 0.1) is 0 Å². The summed E-state index contributed by atoms with van der Waals surface area (Å²) < 4.78 is 5.02. The van der Waals surface area contributed by atoms with E-state index in [2.05, 4.69) is 10.2 Å². The van der Waals surface area contributed by atoms with Crippen LogP contribution in [0.2, 0.25) is 0 Å². The number of nitrogens with zero attached hydrogens (tertiary/aromatic N) is 1. The summed E-state index contributed by atoms with van der Waals surface area (Å²) in [4.78, 5) is 2.27. The van der Waals surface area contributed by atoms with Crippen molar-refractivity contribution in [2.75, 3.05) is 33.6 Å². The number of hydrogen-bond donors (Lipinski definition) is 1. The van der Waals surface area contributed by atoms with Gasteiger partial charge in [-0.1, -0.05) is 0 Å². The number of methoxy groups -OCH3 is 1. The van der Waals surface area contributed by atoms with Gasteiger partial charge in [-0.2, -0.15) is 0 Å². The Balaban J connectivity index is 2.15. The van der Waals surface area contributed by atoms with Gasteiger partial charge in [0.1, 0.15) is 0 Å². The molecule has 0 aromatic heterocycles. The lowest BCUT2D eigenvalue weighted by Crippen LogP contribution is -2.33. The van der Waals surface area contributed by atoms with Crippen molar-refractivity contribution < 1.29 is 4.74 Å². The fraction of sp³-hybridized carbons (Fsp3) is 1.00. The van der Waals surface area contributed by atoms with Crippen molar-refractivity contribution >= 4 is 0 Å². The lowest BCUT2D eigenvalue weighted by molar-refractivity contribution is 0.0621. The molecule has 0 saturated carbocycles. The van der Waals surface area contributed by atoms with Crippen LogP contribution in [-0.4, -0.2) is 38.5 Å². The molecule has 0 unspecified atom stereocenters. The summed E-state index contributed by atoms with van der Waals surface area (Å²) in [5.41, 5.74) is 0. The van der Waals surface area contributed by atoms with Gasteiger partial charge < -0.3 is 10.1 Å². The Hall–Kier alpha value is -0.120. The maximum absolute atomic E-state index is 5.02. The van der Waals surface area contributed by atoms with E-state index in [1.165, 1.54) is 19.4 Å². The molecule has 10 heavy (non-hydrogen) atoms. The van der Waals surface area contributed by atoms with E-state index >= 15 is 0 Å². The minimum atomic E-state index is 0.757. The predicted molar refractivity (Wildman–Crippen MR) is 40.7 cm³/mol. The van der Waals surface area contributed by atoms with Gasteiger partial charge >= 0.3 is 0 Å². The van der Waals surface area contributed by atoms with Gasteiger partial charge in [0.2, 0.25) is 0 Å². The second-order valence-corrected chi connectivity index (χ2v) is 2.68. The van der Waals surface area contributed by atoms with E-state index in [0.29, 0.717) is 0 Å². The van der Waals surface area contributed by atoms with E-state index in [1.807, 2.05) is 0 Å². The van der Waals surface area contributed by atoms with Crippen LogP contribution in [0.1, 0.15) is 12.8 Å². The van der Waals surface area contributed by atoms with Crippen LogP contribution in [-0.2, 0) is 4.74 Å². The fourth-order valence-electron chi connectivity index (χ4n) is 1.19. The highest BCUT2D eigenvalue weighted by Crippen LogP contribution is 1.97. The first kappa shape index (κ1) is 7.98. The fourth-order valence-corrected chi connectivity index (χ4v) is 1.19. The molecule has 0 radical (unpaired) electrons. The molecule has 3 heteroatoms. The van der Waals surface area contributed by atoms with Gasteiger partial charge in [-0.05, 0) is 19.4 Å². The van der Waals surface area contributed by atoms with Crippen LogP contribution >= 0.6 is 0 Å². The molecule has 0 bridgehead atoms. The van der Waals surface area contributed by atoms with E-state index in [9.17, 15) is 0 Å². The van der Waals surface area contributed by atoms with Crippen molar-refractivity contribution in [3.05, 3.63) is 0 Å². The molecule has 0 atom stereocenters. The summed E-state index contributed by atoms with van der Waals surface area (Å²) in [6, 6.07) is 0. The third kappa shape index (κ3) is 2.64. The summed E-state index contributed by atoms with van der Waals surface area (Å²) >= 11 is 0. The molecule has 1 fully saturated rings. The Kier molecular flexibility index (Phi) is 3.72. The van der Waals surface area contributed by atoms with Crippen LogP contribution in [0.5, 0.6) is 0 Å². The molecule has 1 rings (SSSR count). The summed E-state index contributed by atoms with van der Waals surface area (Å²) in [6.07, 6.45) is 2.58. The quantitative estimate of drug-likeness (QED) is 0.600. The third-order valence-corrected chi connectivity index (χ3v) is 1.72. The van der Waals surface area contributed by atoms with E-state index in [4.69, 9.17) is 4.74 Å². The highest BCUT2D eigenvalue weighted by Gasteiger charge is 2.05. The molecule has 0 aliphatic carbocycles. The standard InChI is InChI=1S/C7H16N2O/c1-10-7-9-5-3-2-4-8-6-9/h8H,2-7H2,1H3. The van der Waals surface area contributed by atoms with E-state index in [1.54, 1.807) is 7.11 Å². The third-order valence-electron chi connectivity index (χ3n) is 1.72. The first-order valence-corrected chi connectivity index (χ1v) is 3.85. The van der Waals surface area contributed by atoms with Gasteiger partial charge in [0.05, 0.1) is 13.4 Å². The number of rotatable bonds is 2. The molecule has 1 aliphatic heterocycles. The minimum Gasteiger partial charge on any atom is -0.369 e. The van der Waals surface area contributed by atoms with Crippen LogP contribution in [0.25, 0.3) is 0 Å². The zero-order chi connectivity index (χ0) is 7.23. The van der Waals surface area contributed by atoms with Crippen molar-refractivity contribution in [2.45, 2.75) is 12.8 Å². The summed E-state index contributed by atoms with van der Waals surface area (Å²) in [7, 11) is 1.74. The lowest BCUT2D eigenvalue weighted by atomic mass is 10.3. The molecule has 60 valence electrons. The van der Waals surface area contributed by atoms with E-state index in [-0.39, 0.29) is 0 Å². The number of ether oxygens (including phenoxy) is 1. The molecule has 1 saturated heterocycles. The molecule has 0 amide bonds. The Morgan fingerprint density at radius 1 is 1.50 bits per heavy atom. The highest BCUT2D eigenvalue weighted by atomic mass is 16.5. The van der Waals surface area contributed by atoms with Crippen LogP contribution in [0.4, 0.5) is 0 Å². The van der Waals surface area contributed by atoms with Gasteiger partial charge in [-0.15, -0.1) is 0 Å². The first-order chi connectivity index (χ1) is 4.93. The van der Waals surface area contributed by atoms with Gasteiger partial charge in [-0.25, -0.2) is 0 Å². The van der Waals surface area contributed by atoms with Crippen molar-refractivity contribution in [3.8, 4) is 0 Å². The van der Waals surface area contributed by atoms with Gasteiger partial charge in [0.15, 0.2) is 0 Å². The second kappa shape index (κ2) is 4.66. The van der Waals surface area contributed by atoms with E-state index < -0.39 is 0 Å². The maximum Gasteiger partial charge on any atom is 0.0996 e. The molecule has 0 aromatic carbocycles. The molecule has 1 N–H and O–H groups in total. The Morgan fingerprint density at radius 3 is 3.20 bits per heavy atom. The summed E-state index contributed by atoms with van der Waals surface area (Å²) in [5.74, 6) is 0. The SMILES string of the molecule is COCN1CCCCNC1. The molecule has 1 aliphatic rings. The Bertz CT molecular complexity index is 79.7. The number of hydrogen-bond acceptors (Lipinski definition) is 3. The van der Waals surface area contributed by atoms with Crippen molar-refractivity contribution in [2.24, 2.45) is 0 Å². The monoisotopic (exact) mass is 144 g/mol. The highest BCUT2D eigenvalue weighted by molar-refractivity contribution is 4.58. The van der Waals surface area contributed by atoms with Gasteiger partial charge in [-0.3, -0.25) is 4.90 Å².